The van der Waals surface area contributed by atoms with Crippen molar-refractivity contribution in [1.29, 1.82) is 0 Å². The summed E-state index contributed by atoms with van der Waals surface area (Å²) in [7, 11) is 0. The number of aromatic nitrogens is 2. The van der Waals surface area contributed by atoms with Gasteiger partial charge in [-0.2, -0.15) is 5.10 Å². The van der Waals surface area contributed by atoms with Gasteiger partial charge in [0.15, 0.2) is 0 Å². The van der Waals surface area contributed by atoms with Crippen LogP contribution in [-0.4, -0.2) is 22.6 Å². The summed E-state index contributed by atoms with van der Waals surface area (Å²) in [6, 6.07) is 19.6. The van der Waals surface area contributed by atoms with Gasteiger partial charge in [0.2, 0.25) is 0 Å². The van der Waals surface area contributed by atoms with Crippen LogP contribution in [-0.2, 0) is 13.0 Å². The molecule has 0 aliphatic heterocycles. The first-order chi connectivity index (χ1) is 14.6. The van der Waals surface area contributed by atoms with Gasteiger partial charge >= 0.3 is 4.87 Å². The Bertz CT molecular complexity index is 1230. The molecule has 1 amide bonds. The number of amides is 1. The lowest BCUT2D eigenvalue weighted by Gasteiger charge is -2.11. The molecule has 0 saturated heterocycles. The Kier molecular flexibility index (Phi) is 5.90. The molecule has 152 valence electrons. The highest BCUT2D eigenvalue weighted by atomic mass is 32.1. The van der Waals surface area contributed by atoms with E-state index in [1.807, 2.05) is 12.1 Å². The number of nitrogens with zero attached hydrogens (tertiary/aromatic N) is 1. The SMILES string of the molecule is Cc1cc(COc2ccc(C(=O)NCCc3n[nH]c(=O)s3)cc2)c2ccccc2c1. The van der Waals surface area contributed by atoms with Gasteiger partial charge in [0.1, 0.15) is 17.4 Å². The lowest BCUT2D eigenvalue weighted by atomic mass is 10.0. The standard InChI is InChI=1S/C23H21N3O3S/c1-15-12-17-4-2-3-5-20(17)18(13-15)14-29-19-8-6-16(7-9-19)22(27)24-11-10-21-25-26-23(28)30-21/h2-9,12-13H,10-11,14H2,1H3,(H,24,27)(H,26,28). The Morgan fingerprint density at radius 2 is 1.93 bits per heavy atom. The topological polar surface area (TPSA) is 84.1 Å². The fraction of sp³-hybridized carbons (Fsp3) is 0.174. The number of benzene rings is 3. The molecular weight excluding hydrogens is 398 g/mol. The molecule has 2 N–H and O–H groups in total. The molecule has 1 heterocycles. The van der Waals surface area contributed by atoms with Crippen LogP contribution in [0, 0.1) is 6.92 Å². The highest BCUT2D eigenvalue weighted by Gasteiger charge is 2.08. The minimum atomic E-state index is -0.189. The summed E-state index contributed by atoms with van der Waals surface area (Å²) in [5, 5.41) is 12.1. The number of rotatable bonds is 7. The van der Waals surface area contributed by atoms with E-state index in [1.54, 1.807) is 24.3 Å². The summed E-state index contributed by atoms with van der Waals surface area (Å²) in [6.07, 6.45) is 0.515. The van der Waals surface area contributed by atoms with Gasteiger partial charge in [0, 0.05) is 18.5 Å². The van der Waals surface area contributed by atoms with Crippen LogP contribution in [0.15, 0.2) is 65.5 Å². The van der Waals surface area contributed by atoms with Crippen molar-refractivity contribution in [2.75, 3.05) is 6.54 Å². The quantitative estimate of drug-likeness (QED) is 0.477. The van der Waals surface area contributed by atoms with Crippen LogP contribution in [0.5, 0.6) is 5.75 Å². The molecule has 0 aliphatic rings. The van der Waals surface area contributed by atoms with E-state index in [4.69, 9.17) is 4.74 Å². The minimum Gasteiger partial charge on any atom is -0.489 e. The lowest BCUT2D eigenvalue weighted by molar-refractivity contribution is 0.0954. The molecule has 0 unspecified atom stereocenters. The van der Waals surface area contributed by atoms with E-state index in [9.17, 15) is 9.59 Å². The average Bonchev–Trinajstić information content (AvgIpc) is 3.17. The second kappa shape index (κ2) is 8.92. The van der Waals surface area contributed by atoms with Gasteiger partial charge in [-0.1, -0.05) is 53.3 Å². The highest BCUT2D eigenvalue weighted by Crippen LogP contribution is 2.23. The number of H-pyrrole nitrogens is 1. The summed E-state index contributed by atoms with van der Waals surface area (Å²) in [6.45, 7) is 2.95. The van der Waals surface area contributed by atoms with Crippen molar-refractivity contribution in [2.24, 2.45) is 0 Å². The van der Waals surface area contributed by atoms with Crippen molar-refractivity contribution in [3.05, 3.63) is 92.0 Å². The number of nitrogens with one attached hydrogen (secondary N) is 2. The summed E-state index contributed by atoms with van der Waals surface area (Å²) >= 11 is 1.05. The van der Waals surface area contributed by atoms with Crippen LogP contribution in [0.4, 0.5) is 0 Å². The van der Waals surface area contributed by atoms with Crippen LogP contribution < -0.4 is 14.9 Å². The predicted octanol–water partition coefficient (Wildman–Crippen LogP) is 3.84. The maximum absolute atomic E-state index is 12.3. The molecule has 4 rings (SSSR count). The van der Waals surface area contributed by atoms with E-state index in [1.165, 1.54) is 16.3 Å². The van der Waals surface area contributed by atoms with Crippen molar-refractivity contribution in [3.8, 4) is 5.75 Å². The van der Waals surface area contributed by atoms with Crippen molar-refractivity contribution < 1.29 is 9.53 Å². The van der Waals surface area contributed by atoms with Crippen molar-refractivity contribution >= 4 is 28.0 Å². The number of aromatic amines is 1. The molecule has 0 spiro atoms. The molecule has 0 radical (unpaired) electrons. The van der Waals surface area contributed by atoms with Crippen molar-refractivity contribution in [3.63, 3.8) is 0 Å². The molecular formula is C23H21N3O3S. The number of ether oxygens (including phenoxy) is 1. The monoisotopic (exact) mass is 419 g/mol. The summed E-state index contributed by atoms with van der Waals surface area (Å²) in [5.74, 6) is 0.535. The second-order valence-electron chi connectivity index (χ2n) is 6.97. The molecule has 1 aromatic heterocycles. The Morgan fingerprint density at radius 1 is 1.13 bits per heavy atom. The minimum absolute atomic E-state index is 0.172. The Morgan fingerprint density at radius 3 is 2.70 bits per heavy atom. The number of fused-ring (bicyclic) bond motifs is 1. The molecule has 0 aliphatic carbocycles. The first kappa shape index (κ1) is 19.8. The number of hydrogen-bond acceptors (Lipinski definition) is 5. The van der Waals surface area contributed by atoms with Crippen LogP contribution in [0.2, 0.25) is 0 Å². The van der Waals surface area contributed by atoms with E-state index in [0.717, 1.165) is 16.9 Å². The third-order valence-corrected chi connectivity index (χ3v) is 5.52. The summed E-state index contributed by atoms with van der Waals surface area (Å²) in [5.41, 5.74) is 2.88. The molecule has 0 fully saturated rings. The normalized spacial score (nSPS) is 10.8. The zero-order valence-corrected chi connectivity index (χ0v) is 17.3. The van der Waals surface area contributed by atoms with E-state index in [-0.39, 0.29) is 10.8 Å². The molecule has 0 atom stereocenters. The maximum atomic E-state index is 12.3. The third kappa shape index (κ3) is 4.75. The smallest absolute Gasteiger partial charge is 0.322 e. The van der Waals surface area contributed by atoms with E-state index in [0.29, 0.717) is 35.9 Å². The second-order valence-corrected chi connectivity index (χ2v) is 8.02. The number of carbonyl (C=O) groups is 1. The van der Waals surface area contributed by atoms with E-state index < -0.39 is 0 Å². The highest BCUT2D eigenvalue weighted by molar-refractivity contribution is 7.08. The van der Waals surface area contributed by atoms with Gasteiger partial charge in [-0.15, -0.1) is 0 Å². The number of hydrogen-bond donors (Lipinski definition) is 2. The molecule has 7 heteroatoms. The molecule has 3 aromatic carbocycles. The van der Waals surface area contributed by atoms with Crippen molar-refractivity contribution in [2.45, 2.75) is 20.0 Å². The first-order valence-electron chi connectivity index (χ1n) is 9.62. The van der Waals surface area contributed by atoms with Gasteiger partial charge in [-0.3, -0.25) is 9.59 Å². The summed E-state index contributed by atoms with van der Waals surface area (Å²) in [4.78, 5) is 23.2. The zero-order chi connectivity index (χ0) is 20.9. The fourth-order valence-corrected chi connectivity index (χ4v) is 3.89. The van der Waals surface area contributed by atoms with E-state index in [2.05, 4.69) is 46.7 Å². The van der Waals surface area contributed by atoms with Crippen LogP contribution in [0.25, 0.3) is 10.8 Å². The third-order valence-electron chi connectivity index (χ3n) is 4.71. The van der Waals surface area contributed by atoms with Gasteiger partial charge in [0.05, 0.1) is 0 Å². The van der Waals surface area contributed by atoms with E-state index >= 15 is 0 Å². The van der Waals surface area contributed by atoms with Crippen LogP contribution >= 0.6 is 11.3 Å². The Labute approximate surface area is 177 Å². The van der Waals surface area contributed by atoms with Crippen LogP contribution in [0.3, 0.4) is 0 Å². The molecule has 4 aromatic rings. The zero-order valence-electron chi connectivity index (χ0n) is 16.5. The lowest BCUT2D eigenvalue weighted by Crippen LogP contribution is -2.25. The van der Waals surface area contributed by atoms with Gasteiger partial charge in [-0.25, -0.2) is 5.10 Å². The first-order valence-corrected chi connectivity index (χ1v) is 10.4. The summed E-state index contributed by atoms with van der Waals surface area (Å²) < 4.78 is 5.96. The van der Waals surface area contributed by atoms with Gasteiger partial charge < -0.3 is 10.1 Å². The molecule has 30 heavy (non-hydrogen) atoms. The molecule has 0 saturated carbocycles. The van der Waals surface area contributed by atoms with Crippen molar-refractivity contribution in [1.82, 2.24) is 15.5 Å². The predicted molar refractivity (Wildman–Crippen MR) is 118 cm³/mol. The average molecular weight is 420 g/mol. The Hall–Kier alpha value is -3.45. The number of carbonyl (C=O) groups excluding carboxylic acids is 1. The fourth-order valence-electron chi connectivity index (χ4n) is 3.29. The molecule has 6 nitrogen and oxygen atoms in total. The van der Waals surface area contributed by atoms with Crippen LogP contribution in [0.1, 0.15) is 26.5 Å². The maximum Gasteiger partial charge on any atom is 0.322 e. The number of aryl methyl sites for hydroxylation is 1. The Balaban J connectivity index is 1.34. The molecule has 0 bridgehead atoms. The van der Waals surface area contributed by atoms with Gasteiger partial charge in [-0.05, 0) is 47.5 Å². The largest absolute Gasteiger partial charge is 0.489 e. The van der Waals surface area contributed by atoms with Gasteiger partial charge in [0.25, 0.3) is 5.91 Å².